The third kappa shape index (κ3) is 49.4. The van der Waals surface area contributed by atoms with Gasteiger partial charge in [-0.1, -0.05) is 278 Å². The van der Waals surface area contributed by atoms with Crippen molar-refractivity contribution in [3.05, 3.63) is 0 Å². The molecule has 0 unspecified atom stereocenters. The number of ether oxygens (including phenoxy) is 3. The predicted octanol–water partition coefficient (Wildman–Crippen LogP) is 18.2. The summed E-state index contributed by atoms with van der Waals surface area (Å²) in [6.07, 6.45) is 53.8. The van der Waals surface area contributed by atoms with Gasteiger partial charge in [-0.2, -0.15) is 0 Å². The number of hydrogen-bond acceptors (Lipinski definition) is 6. The second-order valence-corrected chi connectivity index (χ2v) is 19.7. The number of carbonyl (C=O) groups excluding carboxylic acids is 3. The molecule has 0 aromatic heterocycles. The molecule has 0 heterocycles. The van der Waals surface area contributed by atoms with E-state index in [0.717, 1.165) is 63.7 Å². The smallest absolute Gasteiger partial charge is 0.306 e. The molecule has 0 bridgehead atoms. The van der Waals surface area contributed by atoms with E-state index in [1.807, 2.05) is 0 Å². The van der Waals surface area contributed by atoms with E-state index in [9.17, 15) is 14.4 Å². The number of carbonyl (C=O) groups is 3. The van der Waals surface area contributed by atoms with Crippen LogP contribution >= 0.6 is 0 Å². The molecule has 0 saturated heterocycles. The van der Waals surface area contributed by atoms with E-state index in [0.29, 0.717) is 19.3 Å². The molecule has 0 spiro atoms. The zero-order valence-corrected chi connectivity index (χ0v) is 42.3. The van der Waals surface area contributed by atoms with Gasteiger partial charge < -0.3 is 14.2 Å². The van der Waals surface area contributed by atoms with Crippen LogP contribution in [0.2, 0.25) is 0 Å². The van der Waals surface area contributed by atoms with E-state index in [-0.39, 0.29) is 31.1 Å². The average molecular weight is 877 g/mol. The van der Waals surface area contributed by atoms with Crippen molar-refractivity contribution in [2.45, 2.75) is 323 Å². The quantitative estimate of drug-likeness (QED) is 0.0344. The summed E-state index contributed by atoms with van der Waals surface area (Å²) in [5.74, 6) is -0.0478. The largest absolute Gasteiger partial charge is 0.462 e. The minimum atomic E-state index is -0.761. The molecule has 0 aromatic rings. The Kier molecular flexibility index (Phi) is 49.1. The molecule has 0 amide bonds. The lowest BCUT2D eigenvalue weighted by Gasteiger charge is -2.18. The fourth-order valence-corrected chi connectivity index (χ4v) is 8.57. The first kappa shape index (κ1) is 60.4. The normalized spacial score (nSPS) is 12.0. The van der Waals surface area contributed by atoms with Crippen molar-refractivity contribution in [3.8, 4) is 0 Å². The standard InChI is InChI=1S/C56H108O6/c1-5-7-9-11-13-15-17-19-21-23-25-27-29-31-36-40-44-48-55(58)61-51-53(62-56(59)49-45-41-37-33-32-34-38-42-46-52(3)4)50-60-54(57)47-43-39-35-30-28-26-24-22-20-18-16-14-12-10-8-6-2/h52-53H,5-51H2,1-4H3/t53-/m1/s1. The number of unbranched alkanes of at least 4 members (excludes halogenated alkanes) is 38. The Hall–Kier alpha value is -1.59. The van der Waals surface area contributed by atoms with Crippen molar-refractivity contribution in [3.63, 3.8) is 0 Å². The highest BCUT2D eigenvalue weighted by Crippen LogP contribution is 2.18. The van der Waals surface area contributed by atoms with Crippen LogP contribution in [0.4, 0.5) is 0 Å². The van der Waals surface area contributed by atoms with Gasteiger partial charge in [-0.05, 0) is 25.2 Å². The highest BCUT2D eigenvalue weighted by molar-refractivity contribution is 5.71. The Bertz CT molecular complexity index is 933. The first-order valence-electron chi connectivity index (χ1n) is 27.9. The summed E-state index contributed by atoms with van der Waals surface area (Å²) in [4.78, 5) is 38.0. The van der Waals surface area contributed by atoms with E-state index in [4.69, 9.17) is 14.2 Å². The number of hydrogen-bond donors (Lipinski definition) is 0. The molecule has 0 aromatic carbocycles. The molecule has 0 aliphatic carbocycles. The minimum absolute atomic E-state index is 0.0628. The lowest BCUT2D eigenvalue weighted by Crippen LogP contribution is -2.30. The molecule has 0 saturated carbocycles. The summed E-state index contributed by atoms with van der Waals surface area (Å²) < 4.78 is 16.8. The van der Waals surface area contributed by atoms with Crippen LogP contribution in [0.1, 0.15) is 317 Å². The second-order valence-electron chi connectivity index (χ2n) is 19.7. The molecule has 62 heavy (non-hydrogen) atoms. The van der Waals surface area contributed by atoms with Gasteiger partial charge in [0.05, 0.1) is 0 Å². The molecule has 6 nitrogen and oxygen atoms in total. The van der Waals surface area contributed by atoms with E-state index in [1.54, 1.807) is 0 Å². The highest BCUT2D eigenvalue weighted by Gasteiger charge is 2.19. The minimum Gasteiger partial charge on any atom is -0.462 e. The molecular weight excluding hydrogens is 769 g/mol. The van der Waals surface area contributed by atoms with Crippen LogP contribution in [0.15, 0.2) is 0 Å². The van der Waals surface area contributed by atoms with Gasteiger partial charge in [0.25, 0.3) is 0 Å². The monoisotopic (exact) mass is 877 g/mol. The van der Waals surface area contributed by atoms with Crippen LogP contribution in [0, 0.1) is 5.92 Å². The molecule has 0 N–H and O–H groups in total. The maximum absolute atomic E-state index is 12.8. The molecule has 0 aliphatic rings. The van der Waals surface area contributed by atoms with E-state index in [2.05, 4.69) is 27.7 Å². The summed E-state index contributed by atoms with van der Waals surface area (Å²) in [6, 6.07) is 0. The first-order chi connectivity index (χ1) is 30.4. The predicted molar refractivity (Wildman–Crippen MR) is 266 cm³/mol. The summed E-state index contributed by atoms with van der Waals surface area (Å²) in [5.41, 5.74) is 0. The number of rotatable bonds is 51. The van der Waals surface area contributed by atoms with Crippen LogP contribution in [-0.2, 0) is 28.6 Å². The Morgan fingerprint density at radius 3 is 0.790 bits per heavy atom. The van der Waals surface area contributed by atoms with Gasteiger partial charge in [0, 0.05) is 19.3 Å². The van der Waals surface area contributed by atoms with Crippen molar-refractivity contribution < 1.29 is 28.6 Å². The molecule has 368 valence electrons. The Morgan fingerprint density at radius 2 is 0.532 bits per heavy atom. The lowest BCUT2D eigenvalue weighted by atomic mass is 10.0. The maximum atomic E-state index is 12.8. The molecular formula is C56H108O6. The Labute approximate surface area is 387 Å². The lowest BCUT2D eigenvalue weighted by molar-refractivity contribution is -0.167. The summed E-state index contributed by atoms with van der Waals surface area (Å²) in [5, 5.41) is 0. The number of esters is 3. The summed E-state index contributed by atoms with van der Waals surface area (Å²) in [6.45, 7) is 9.01. The van der Waals surface area contributed by atoms with Crippen molar-refractivity contribution in [1.82, 2.24) is 0 Å². The van der Waals surface area contributed by atoms with E-state index in [1.165, 1.54) is 212 Å². The van der Waals surface area contributed by atoms with Crippen molar-refractivity contribution >= 4 is 17.9 Å². The molecule has 1 atom stereocenters. The summed E-state index contributed by atoms with van der Waals surface area (Å²) >= 11 is 0. The topological polar surface area (TPSA) is 78.9 Å². The third-order valence-electron chi connectivity index (χ3n) is 12.8. The van der Waals surface area contributed by atoms with Crippen molar-refractivity contribution in [2.75, 3.05) is 13.2 Å². The Balaban J connectivity index is 4.25. The van der Waals surface area contributed by atoms with Gasteiger partial charge in [0.1, 0.15) is 13.2 Å². The van der Waals surface area contributed by atoms with Gasteiger partial charge in [-0.15, -0.1) is 0 Å². The molecule has 0 fully saturated rings. The maximum Gasteiger partial charge on any atom is 0.306 e. The zero-order chi connectivity index (χ0) is 45.2. The van der Waals surface area contributed by atoms with Crippen LogP contribution < -0.4 is 0 Å². The fraction of sp³-hybridized carbons (Fsp3) is 0.946. The van der Waals surface area contributed by atoms with Gasteiger partial charge in [0.15, 0.2) is 6.10 Å². The van der Waals surface area contributed by atoms with Gasteiger partial charge in [-0.3, -0.25) is 14.4 Å². The van der Waals surface area contributed by atoms with Crippen LogP contribution in [0.25, 0.3) is 0 Å². The molecule has 6 heteroatoms. The van der Waals surface area contributed by atoms with E-state index < -0.39 is 6.10 Å². The van der Waals surface area contributed by atoms with Crippen molar-refractivity contribution in [1.29, 1.82) is 0 Å². The molecule has 0 rings (SSSR count). The van der Waals surface area contributed by atoms with Crippen LogP contribution in [-0.4, -0.2) is 37.2 Å². The van der Waals surface area contributed by atoms with E-state index >= 15 is 0 Å². The highest BCUT2D eigenvalue weighted by atomic mass is 16.6. The van der Waals surface area contributed by atoms with Gasteiger partial charge >= 0.3 is 17.9 Å². The molecule has 0 radical (unpaired) electrons. The molecule has 0 aliphatic heterocycles. The van der Waals surface area contributed by atoms with Crippen molar-refractivity contribution in [2.24, 2.45) is 5.92 Å². The average Bonchev–Trinajstić information content (AvgIpc) is 3.26. The third-order valence-corrected chi connectivity index (χ3v) is 12.8. The Morgan fingerprint density at radius 1 is 0.306 bits per heavy atom. The zero-order valence-electron chi connectivity index (χ0n) is 42.3. The summed E-state index contributed by atoms with van der Waals surface area (Å²) in [7, 11) is 0. The van der Waals surface area contributed by atoms with Crippen LogP contribution in [0.3, 0.4) is 0 Å². The van der Waals surface area contributed by atoms with Crippen LogP contribution in [0.5, 0.6) is 0 Å². The first-order valence-corrected chi connectivity index (χ1v) is 27.9. The SMILES string of the molecule is CCCCCCCCCCCCCCCCCCCC(=O)OC[C@@H](COC(=O)CCCCCCCCCCCCCCCCCC)OC(=O)CCCCCCCCCCC(C)C. The second kappa shape index (κ2) is 50.4. The van der Waals surface area contributed by atoms with Gasteiger partial charge in [0.2, 0.25) is 0 Å². The van der Waals surface area contributed by atoms with Gasteiger partial charge in [-0.25, -0.2) is 0 Å². The fourth-order valence-electron chi connectivity index (χ4n) is 8.57.